The van der Waals surface area contributed by atoms with E-state index < -0.39 is 36.1 Å². The second kappa shape index (κ2) is 15.8. The number of halogens is 1. The average molecular weight is 593 g/mol. The van der Waals surface area contributed by atoms with E-state index in [0.29, 0.717) is 55.5 Å². The molecule has 1 heterocycles. The molecule has 1 saturated heterocycles. The molecular weight excluding hydrogens is 552 g/mol. The van der Waals surface area contributed by atoms with Gasteiger partial charge in [0.15, 0.2) is 0 Å². The van der Waals surface area contributed by atoms with Crippen molar-refractivity contribution >= 4 is 23.6 Å². The van der Waals surface area contributed by atoms with Crippen LogP contribution in [0.1, 0.15) is 63.0 Å². The lowest BCUT2D eigenvalue weighted by molar-refractivity contribution is -0.147. The van der Waals surface area contributed by atoms with Crippen molar-refractivity contribution in [3.05, 3.63) is 58.1 Å². The highest BCUT2D eigenvalue weighted by molar-refractivity contribution is 6.33. The largest absolute Gasteiger partial charge is 0.493 e. The number of hydrogen-bond acceptors (Lipinski definition) is 7. The van der Waals surface area contributed by atoms with Crippen LogP contribution in [0.5, 0.6) is 11.5 Å². The van der Waals surface area contributed by atoms with Gasteiger partial charge in [-0.2, -0.15) is 0 Å². The van der Waals surface area contributed by atoms with Crippen molar-refractivity contribution in [2.75, 3.05) is 39.6 Å². The summed E-state index contributed by atoms with van der Waals surface area (Å²) in [6.45, 7) is 8.91. The van der Waals surface area contributed by atoms with Crippen molar-refractivity contribution in [2.24, 2.45) is 5.92 Å². The van der Waals surface area contributed by atoms with Gasteiger partial charge >= 0.3 is 12.0 Å². The van der Waals surface area contributed by atoms with E-state index in [2.05, 4.69) is 5.32 Å². The number of benzene rings is 2. The highest BCUT2D eigenvalue weighted by Crippen LogP contribution is 2.45. The smallest absolute Gasteiger partial charge is 0.318 e. The molecule has 2 amide bonds. The van der Waals surface area contributed by atoms with Gasteiger partial charge in [0.05, 0.1) is 55.8 Å². The Morgan fingerprint density at radius 2 is 1.88 bits per heavy atom. The van der Waals surface area contributed by atoms with Crippen molar-refractivity contribution < 1.29 is 38.7 Å². The summed E-state index contributed by atoms with van der Waals surface area (Å²) in [6, 6.07) is 9.78. The maximum absolute atomic E-state index is 13.7. The number of amides is 2. The number of carbonyl (C=O) groups is 2. The maximum atomic E-state index is 13.7. The van der Waals surface area contributed by atoms with Gasteiger partial charge in [0.2, 0.25) is 0 Å². The SMILES string of the molecule is CCOc1cc([C@@H](C)N(CCOCc2ccccc2)C(=O)NC2CCOCC2C(=O)O)c(Cl)c(OCC)c1C(C)O. The van der Waals surface area contributed by atoms with Crippen LogP contribution in [0.2, 0.25) is 5.02 Å². The quantitative estimate of drug-likeness (QED) is 0.262. The Morgan fingerprint density at radius 1 is 1.17 bits per heavy atom. The Kier molecular flexibility index (Phi) is 12.5. The third-order valence-electron chi connectivity index (χ3n) is 7.00. The molecule has 0 saturated carbocycles. The summed E-state index contributed by atoms with van der Waals surface area (Å²) in [5, 5.41) is 23.4. The van der Waals surface area contributed by atoms with Gasteiger partial charge in [-0.15, -0.1) is 0 Å². The van der Waals surface area contributed by atoms with E-state index in [0.717, 1.165) is 5.56 Å². The third-order valence-corrected chi connectivity index (χ3v) is 7.39. The van der Waals surface area contributed by atoms with E-state index in [1.54, 1.807) is 17.9 Å². The molecule has 10 nitrogen and oxygen atoms in total. The van der Waals surface area contributed by atoms with E-state index >= 15 is 0 Å². The molecule has 0 bridgehead atoms. The van der Waals surface area contributed by atoms with E-state index in [4.69, 9.17) is 30.5 Å². The molecule has 2 aromatic rings. The van der Waals surface area contributed by atoms with Gasteiger partial charge < -0.3 is 39.4 Å². The number of aliphatic carboxylic acids is 1. The summed E-state index contributed by atoms with van der Waals surface area (Å²) in [6.07, 6.45) is -0.533. The number of hydrogen-bond donors (Lipinski definition) is 3. The van der Waals surface area contributed by atoms with Crippen molar-refractivity contribution in [1.82, 2.24) is 10.2 Å². The predicted octanol–water partition coefficient (Wildman–Crippen LogP) is 4.97. The van der Waals surface area contributed by atoms with Gasteiger partial charge in [0.1, 0.15) is 17.4 Å². The van der Waals surface area contributed by atoms with Crippen LogP contribution in [-0.4, -0.2) is 72.7 Å². The molecule has 3 N–H and O–H groups in total. The third kappa shape index (κ3) is 8.48. The molecule has 3 unspecified atom stereocenters. The van der Waals surface area contributed by atoms with E-state index in [9.17, 15) is 19.8 Å². The fourth-order valence-electron chi connectivity index (χ4n) is 4.87. The van der Waals surface area contributed by atoms with Crippen LogP contribution in [0.3, 0.4) is 0 Å². The summed E-state index contributed by atoms with van der Waals surface area (Å²) in [4.78, 5) is 27.1. The molecule has 0 aliphatic carbocycles. The van der Waals surface area contributed by atoms with Crippen LogP contribution >= 0.6 is 11.6 Å². The summed E-state index contributed by atoms with van der Waals surface area (Å²) < 4.78 is 23.0. The number of carboxylic acids is 1. The zero-order chi connectivity index (χ0) is 29.9. The Morgan fingerprint density at radius 3 is 2.51 bits per heavy atom. The first kappa shape index (κ1) is 32.5. The Hall–Kier alpha value is -3.05. The Labute approximate surface area is 246 Å². The maximum Gasteiger partial charge on any atom is 0.318 e. The van der Waals surface area contributed by atoms with E-state index in [-0.39, 0.29) is 24.8 Å². The van der Waals surface area contributed by atoms with Crippen LogP contribution in [0, 0.1) is 5.92 Å². The van der Waals surface area contributed by atoms with Crippen LogP contribution in [0.4, 0.5) is 4.79 Å². The second-order valence-electron chi connectivity index (χ2n) is 9.83. The van der Waals surface area contributed by atoms with Crippen LogP contribution in [0.25, 0.3) is 0 Å². The molecule has 3 rings (SSSR count). The minimum Gasteiger partial charge on any atom is -0.493 e. The lowest BCUT2D eigenvalue weighted by Gasteiger charge is -2.35. The molecule has 0 aromatic heterocycles. The van der Waals surface area contributed by atoms with Gasteiger partial charge in [-0.05, 0) is 45.7 Å². The molecule has 226 valence electrons. The number of aliphatic hydroxyl groups is 1. The first-order chi connectivity index (χ1) is 19.7. The Bertz CT molecular complexity index is 1150. The lowest BCUT2D eigenvalue weighted by Crippen LogP contribution is -2.53. The van der Waals surface area contributed by atoms with E-state index in [1.165, 1.54) is 0 Å². The molecule has 41 heavy (non-hydrogen) atoms. The monoisotopic (exact) mass is 592 g/mol. The molecule has 0 spiro atoms. The molecule has 1 aliphatic rings. The number of carboxylic acid groups (broad SMARTS) is 1. The minimum atomic E-state index is -1.03. The summed E-state index contributed by atoms with van der Waals surface area (Å²) in [5.41, 5.74) is 1.99. The van der Waals surface area contributed by atoms with Crippen molar-refractivity contribution in [2.45, 2.75) is 58.9 Å². The zero-order valence-electron chi connectivity index (χ0n) is 24.1. The van der Waals surface area contributed by atoms with Gasteiger partial charge in [0.25, 0.3) is 0 Å². The average Bonchev–Trinajstić information content (AvgIpc) is 2.95. The number of carbonyl (C=O) groups excluding carboxylic acids is 1. The number of nitrogens with one attached hydrogen (secondary N) is 1. The first-order valence-corrected chi connectivity index (χ1v) is 14.4. The second-order valence-corrected chi connectivity index (χ2v) is 10.2. The topological polar surface area (TPSA) is 127 Å². The molecule has 1 fully saturated rings. The summed E-state index contributed by atoms with van der Waals surface area (Å²) in [7, 11) is 0. The number of aliphatic hydroxyl groups excluding tert-OH is 1. The first-order valence-electron chi connectivity index (χ1n) is 14.0. The highest BCUT2D eigenvalue weighted by Gasteiger charge is 2.35. The van der Waals surface area contributed by atoms with Gasteiger partial charge in [-0.3, -0.25) is 4.79 Å². The number of urea groups is 1. The standard InChI is InChI=1S/C30H41ClN2O8/c1-5-40-25-16-22(27(31)28(41-6-2)26(25)20(4)34)19(3)33(13-15-39-17-21-10-8-7-9-11-21)30(37)32-24-12-14-38-18-23(24)29(35)36/h7-11,16,19-20,23-24,34H,5-6,12-15,17-18H2,1-4H3,(H,32,37)(H,35,36)/t19-,20?,23?,24?/m1/s1. The zero-order valence-corrected chi connectivity index (χ0v) is 24.9. The molecule has 2 aromatic carbocycles. The Balaban J connectivity index is 1.93. The molecule has 11 heteroatoms. The predicted molar refractivity (Wildman–Crippen MR) is 155 cm³/mol. The fourth-order valence-corrected chi connectivity index (χ4v) is 5.23. The number of rotatable bonds is 14. The molecular formula is C30H41ClN2O8. The van der Waals surface area contributed by atoms with Gasteiger partial charge in [0, 0.05) is 24.8 Å². The minimum absolute atomic E-state index is 0.0259. The fraction of sp³-hybridized carbons (Fsp3) is 0.533. The van der Waals surface area contributed by atoms with Crippen molar-refractivity contribution in [3.8, 4) is 11.5 Å². The van der Waals surface area contributed by atoms with Gasteiger partial charge in [-0.1, -0.05) is 41.9 Å². The molecule has 0 radical (unpaired) electrons. The van der Waals surface area contributed by atoms with Gasteiger partial charge in [-0.25, -0.2) is 4.79 Å². The van der Waals surface area contributed by atoms with Crippen molar-refractivity contribution in [1.29, 1.82) is 0 Å². The summed E-state index contributed by atoms with van der Waals surface area (Å²) >= 11 is 6.87. The van der Waals surface area contributed by atoms with Crippen LogP contribution in [-0.2, 0) is 20.9 Å². The van der Waals surface area contributed by atoms with Crippen LogP contribution < -0.4 is 14.8 Å². The molecule has 4 atom stereocenters. The lowest BCUT2D eigenvalue weighted by atomic mass is 9.96. The van der Waals surface area contributed by atoms with Crippen molar-refractivity contribution in [3.63, 3.8) is 0 Å². The summed E-state index contributed by atoms with van der Waals surface area (Å²) in [5.74, 6) is -1.18. The number of nitrogens with zero attached hydrogens (tertiary/aromatic N) is 1. The van der Waals surface area contributed by atoms with E-state index in [1.807, 2.05) is 51.1 Å². The number of ether oxygens (including phenoxy) is 4. The highest BCUT2D eigenvalue weighted by atomic mass is 35.5. The molecule has 1 aliphatic heterocycles. The normalized spacial score (nSPS) is 18.3. The van der Waals surface area contributed by atoms with Crippen LogP contribution in [0.15, 0.2) is 36.4 Å².